The Kier molecular flexibility index (Phi) is 3.08. The number of rotatable bonds is 3. The number of nitrogen functional groups attached to an aromatic ring is 1. The van der Waals surface area contributed by atoms with Gasteiger partial charge in [-0.15, -0.1) is 0 Å². The zero-order valence-electron chi connectivity index (χ0n) is 7.94. The number of aliphatic hydroxyl groups excluding tert-OH is 1. The number of hydrogen-bond donors (Lipinski definition) is 2. The number of aliphatic hydroxyl groups is 1. The fourth-order valence-electron chi connectivity index (χ4n) is 1.04. The van der Waals surface area contributed by atoms with Gasteiger partial charge in [-0.1, -0.05) is 0 Å². The molecular formula is C9H15N3O. The molecule has 1 heterocycles. The Hall–Kier alpha value is -1.29. The van der Waals surface area contributed by atoms with Crippen LogP contribution in [0.3, 0.4) is 0 Å². The monoisotopic (exact) mass is 181 g/mol. The molecule has 4 nitrogen and oxygen atoms in total. The van der Waals surface area contributed by atoms with Gasteiger partial charge in [0, 0.05) is 13.2 Å². The van der Waals surface area contributed by atoms with E-state index in [9.17, 15) is 0 Å². The first-order valence-electron chi connectivity index (χ1n) is 4.21. The van der Waals surface area contributed by atoms with Gasteiger partial charge in [0.2, 0.25) is 0 Å². The maximum absolute atomic E-state index is 8.95. The average Bonchev–Trinajstić information content (AvgIpc) is 2.16. The number of likely N-dealkylation sites (N-methyl/N-ethyl adjacent to an activating group) is 1. The number of nitrogens with zero attached hydrogens (tertiary/aromatic N) is 2. The van der Waals surface area contributed by atoms with E-state index < -0.39 is 0 Å². The maximum atomic E-state index is 8.95. The normalized spacial score (nSPS) is 12.5. The molecule has 3 N–H and O–H groups in total. The van der Waals surface area contributed by atoms with Crippen molar-refractivity contribution in [2.75, 3.05) is 24.3 Å². The molecule has 0 radical (unpaired) electrons. The van der Waals surface area contributed by atoms with Crippen molar-refractivity contribution in [3.05, 3.63) is 18.3 Å². The Bertz CT molecular complexity index is 277. The summed E-state index contributed by atoms with van der Waals surface area (Å²) >= 11 is 0. The summed E-state index contributed by atoms with van der Waals surface area (Å²) in [7, 11) is 1.86. The van der Waals surface area contributed by atoms with Crippen molar-refractivity contribution in [1.29, 1.82) is 0 Å². The first kappa shape index (κ1) is 9.80. The zero-order valence-corrected chi connectivity index (χ0v) is 7.94. The third-order valence-corrected chi connectivity index (χ3v) is 2.08. The number of pyridine rings is 1. The highest BCUT2D eigenvalue weighted by Crippen LogP contribution is 2.19. The molecule has 0 fully saturated rings. The molecule has 4 heteroatoms. The molecular weight excluding hydrogens is 166 g/mol. The summed E-state index contributed by atoms with van der Waals surface area (Å²) in [6.07, 6.45) is 1.69. The van der Waals surface area contributed by atoms with E-state index in [0.717, 1.165) is 0 Å². The topological polar surface area (TPSA) is 62.4 Å². The summed E-state index contributed by atoms with van der Waals surface area (Å²) in [5, 5.41) is 8.95. The van der Waals surface area contributed by atoms with Gasteiger partial charge in [0.15, 0.2) is 5.82 Å². The van der Waals surface area contributed by atoms with Gasteiger partial charge < -0.3 is 15.7 Å². The highest BCUT2D eigenvalue weighted by Gasteiger charge is 2.11. The van der Waals surface area contributed by atoms with Crippen LogP contribution < -0.4 is 10.6 Å². The van der Waals surface area contributed by atoms with Crippen LogP contribution in [0.4, 0.5) is 11.5 Å². The van der Waals surface area contributed by atoms with Crippen molar-refractivity contribution in [2.24, 2.45) is 0 Å². The number of anilines is 2. The highest BCUT2D eigenvalue weighted by atomic mass is 16.3. The quantitative estimate of drug-likeness (QED) is 0.712. The lowest BCUT2D eigenvalue weighted by Crippen LogP contribution is -2.32. The smallest absolute Gasteiger partial charge is 0.151 e. The molecule has 72 valence electrons. The van der Waals surface area contributed by atoms with E-state index in [-0.39, 0.29) is 12.6 Å². The summed E-state index contributed by atoms with van der Waals surface area (Å²) < 4.78 is 0. The molecule has 0 saturated heterocycles. The van der Waals surface area contributed by atoms with Gasteiger partial charge in [-0.05, 0) is 19.1 Å². The minimum absolute atomic E-state index is 0.0252. The third kappa shape index (κ3) is 2.09. The lowest BCUT2D eigenvalue weighted by Gasteiger charge is -2.25. The molecule has 0 saturated carbocycles. The summed E-state index contributed by atoms with van der Waals surface area (Å²) in [5.41, 5.74) is 6.36. The van der Waals surface area contributed by atoms with Crippen LogP contribution in [0.25, 0.3) is 0 Å². The minimum Gasteiger partial charge on any atom is -0.396 e. The van der Waals surface area contributed by atoms with Crippen LogP contribution in [-0.2, 0) is 0 Å². The van der Waals surface area contributed by atoms with E-state index in [0.29, 0.717) is 11.5 Å². The van der Waals surface area contributed by atoms with Gasteiger partial charge in [0.05, 0.1) is 18.3 Å². The van der Waals surface area contributed by atoms with E-state index in [2.05, 4.69) is 4.98 Å². The molecule has 0 bridgehead atoms. The molecule has 1 atom stereocenters. The van der Waals surface area contributed by atoms with Crippen molar-refractivity contribution in [1.82, 2.24) is 4.98 Å². The van der Waals surface area contributed by atoms with E-state index in [1.807, 2.05) is 18.9 Å². The Morgan fingerprint density at radius 3 is 2.92 bits per heavy atom. The molecule has 0 aliphatic heterocycles. The number of aromatic nitrogens is 1. The SMILES string of the molecule is CC(CO)N(C)c1ncccc1N. The molecule has 0 amide bonds. The van der Waals surface area contributed by atoms with Crippen LogP contribution in [0.15, 0.2) is 18.3 Å². The Balaban J connectivity index is 2.88. The summed E-state index contributed by atoms with van der Waals surface area (Å²) in [6, 6.07) is 3.61. The van der Waals surface area contributed by atoms with Gasteiger partial charge in [0.1, 0.15) is 0 Å². The average molecular weight is 181 g/mol. The molecule has 1 unspecified atom stereocenters. The van der Waals surface area contributed by atoms with Crippen LogP contribution in [0.2, 0.25) is 0 Å². The first-order chi connectivity index (χ1) is 6.16. The lowest BCUT2D eigenvalue weighted by molar-refractivity contribution is 0.270. The second-order valence-corrected chi connectivity index (χ2v) is 3.06. The van der Waals surface area contributed by atoms with E-state index >= 15 is 0 Å². The van der Waals surface area contributed by atoms with Gasteiger partial charge in [-0.25, -0.2) is 4.98 Å². The molecule has 13 heavy (non-hydrogen) atoms. The van der Waals surface area contributed by atoms with Gasteiger partial charge in [0.25, 0.3) is 0 Å². The molecule has 1 aromatic rings. The van der Waals surface area contributed by atoms with Crippen LogP contribution >= 0.6 is 0 Å². The minimum atomic E-state index is 0.0252. The Morgan fingerprint density at radius 1 is 1.69 bits per heavy atom. The second-order valence-electron chi connectivity index (χ2n) is 3.06. The van der Waals surface area contributed by atoms with E-state index in [4.69, 9.17) is 10.8 Å². The van der Waals surface area contributed by atoms with Crippen LogP contribution in [0.5, 0.6) is 0 Å². The van der Waals surface area contributed by atoms with Gasteiger partial charge >= 0.3 is 0 Å². The fraction of sp³-hybridized carbons (Fsp3) is 0.444. The standard InChI is InChI=1S/C9H15N3O/c1-7(6-13)12(2)9-8(10)4-3-5-11-9/h3-5,7,13H,6,10H2,1-2H3. The van der Waals surface area contributed by atoms with Crippen LogP contribution in [0.1, 0.15) is 6.92 Å². The van der Waals surface area contributed by atoms with Crippen molar-refractivity contribution < 1.29 is 5.11 Å². The van der Waals surface area contributed by atoms with Crippen molar-refractivity contribution in [3.8, 4) is 0 Å². The highest BCUT2D eigenvalue weighted by molar-refractivity contribution is 5.62. The number of hydrogen-bond acceptors (Lipinski definition) is 4. The van der Waals surface area contributed by atoms with E-state index in [1.54, 1.807) is 18.3 Å². The molecule has 1 aromatic heterocycles. The third-order valence-electron chi connectivity index (χ3n) is 2.08. The Labute approximate surface area is 78.0 Å². The molecule has 0 aliphatic rings. The molecule has 1 rings (SSSR count). The molecule has 0 aliphatic carbocycles. The van der Waals surface area contributed by atoms with Crippen LogP contribution in [0, 0.1) is 0 Å². The van der Waals surface area contributed by atoms with Gasteiger partial charge in [-0.2, -0.15) is 0 Å². The predicted molar refractivity (Wildman–Crippen MR) is 53.6 cm³/mol. The number of nitrogens with two attached hydrogens (primary N) is 1. The van der Waals surface area contributed by atoms with Crippen molar-refractivity contribution >= 4 is 11.5 Å². The zero-order chi connectivity index (χ0) is 9.84. The predicted octanol–water partition coefficient (Wildman–Crippen LogP) is 0.481. The molecule has 0 aromatic carbocycles. The maximum Gasteiger partial charge on any atom is 0.151 e. The van der Waals surface area contributed by atoms with Crippen molar-refractivity contribution in [3.63, 3.8) is 0 Å². The van der Waals surface area contributed by atoms with E-state index in [1.165, 1.54) is 0 Å². The molecule has 0 spiro atoms. The summed E-state index contributed by atoms with van der Waals surface area (Å²) in [4.78, 5) is 5.99. The largest absolute Gasteiger partial charge is 0.396 e. The fourth-order valence-corrected chi connectivity index (χ4v) is 1.04. The summed E-state index contributed by atoms with van der Waals surface area (Å²) in [5.74, 6) is 0.712. The summed E-state index contributed by atoms with van der Waals surface area (Å²) in [6.45, 7) is 2.00. The first-order valence-corrected chi connectivity index (χ1v) is 4.21. The lowest BCUT2D eigenvalue weighted by atomic mass is 10.3. The van der Waals surface area contributed by atoms with Crippen LogP contribution in [-0.4, -0.2) is 29.8 Å². The second kappa shape index (κ2) is 4.09. The van der Waals surface area contributed by atoms with Gasteiger partial charge in [-0.3, -0.25) is 0 Å². The van der Waals surface area contributed by atoms with Crippen molar-refractivity contribution in [2.45, 2.75) is 13.0 Å². The Morgan fingerprint density at radius 2 is 2.38 bits per heavy atom.